The van der Waals surface area contributed by atoms with Gasteiger partial charge in [0.2, 0.25) is 0 Å². The Morgan fingerprint density at radius 2 is 2.13 bits per heavy atom. The van der Waals surface area contributed by atoms with E-state index >= 15 is 0 Å². The first-order chi connectivity index (χ1) is 7.24. The summed E-state index contributed by atoms with van der Waals surface area (Å²) in [6.45, 7) is 7.41. The Labute approximate surface area is 91.3 Å². The molecule has 3 heteroatoms. The van der Waals surface area contributed by atoms with Crippen LogP contribution in [0.3, 0.4) is 0 Å². The zero-order valence-corrected chi connectivity index (χ0v) is 9.75. The molecule has 1 aromatic rings. The zero-order chi connectivity index (χ0) is 10.8. The smallest absolute Gasteiger partial charge is 0.134 e. The van der Waals surface area contributed by atoms with Crippen molar-refractivity contribution in [2.45, 2.75) is 39.5 Å². The fraction of sp³-hybridized carbons (Fsp3) is 0.667. The molecule has 1 aromatic heterocycles. The fourth-order valence-corrected chi connectivity index (χ4v) is 1.82. The van der Waals surface area contributed by atoms with Crippen LogP contribution < -0.4 is 5.32 Å². The highest BCUT2D eigenvalue weighted by atomic mass is 15.0. The first-order valence-corrected chi connectivity index (χ1v) is 5.86. The van der Waals surface area contributed by atoms with Gasteiger partial charge in [-0.1, -0.05) is 13.8 Å². The molecule has 1 saturated carbocycles. The van der Waals surface area contributed by atoms with Crippen molar-refractivity contribution in [1.82, 2.24) is 9.97 Å². The van der Waals surface area contributed by atoms with Crippen LogP contribution in [0.4, 0.5) is 5.82 Å². The Kier molecular flexibility index (Phi) is 2.89. The van der Waals surface area contributed by atoms with Gasteiger partial charge in [0.15, 0.2) is 0 Å². The summed E-state index contributed by atoms with van der Waals surface area (Å²) in [7, 11) is 0. The van der Waals surface area contributed by atoms with Crippen molar-refractivity contribution >= 4 is 5.82 Å². The minimum atomic E-state index is 0.605. The lowest BCUT2D eigenvalue weighted by Crippen LogP contribution is -2.05. The molecule has 0 aromatic carbocycles. The van der Waals surface area contributed by atoms with Gasteiger partial charge in [0.1, 0.15) is 11.6 Å². The molecule has 1 fully saturated rings. The van der Waals surface area contributed by atoms with Crippen LogP contribution in [0.1, 0.15) is 44.6 Å². The van der Waals surface area contributed by atoms with Crippen molar-refractivity contribution in [3.8, 4) is 0 Å². The second-order valence-electron chi connectivity index (χ2n) is 4.31. The lowest BCUT2D eigenvalue weighted by Gasteiger charge is -2.07. The average molecular weight is 205 g/mol. The van der Waals surface area contributed by atoms with Crippen LogP contribution in [0, 0.1) is 5.92 Å². The summed E-state index contributed by atoms with van der Waals surface area (Å²) in [6, 6.07) is 2.06. The maximum absolute atomic E-state index is 4.60. The Morgan fingerprint density at radius 3 is 2.67 bits per heavy atom. The summed E-state index contributed by atoms with van der Waals surface area (Å²) in [5.41, 5.74) is 1.15. The molecule has 1 aliphatic rings. The summed E-state index contributed by atoms with van der Waals surface area (Å²) in [4.78, 5) is 9.16. The second kappa shape index (κ2) is 4.17. The molecule has 1 aliphatic carbocycles. The molecule has 2 rings (SSSR count). The third-order valence-electron chi connectivity index (χ3n) is 2.96. The van der Waals surface area contributed by atoms with E-state index in [-0.39, 0.29) is 0 Å². The van der Waals surface area contributed by atoms with Crippen molar-refractivity contribution in [2.75, 3.05) is 11.9 Å². The van der Waals surface area contributed by atoms with Gasteiger partial charge in [0, 0.05) is 24.2 Å². The van der Waals surface area contributed by atoms with E-state index in [1.807, 2.05) is 0 Å². The molecular weight excluding hydrogens is 186 g/mol. The first kappa shape index (κ1) is 10.4. The monoisotopic (exact) mass is 205 g/mol. The van der Waals surface area contributed by atoms with Crippen LogP contribution in [0.25, 0.3) is 0 Å². The van der Waals surface area contributed by atoms with Gasteiger partial charge in [0.25, 0.3) is 0 Å². The van der Waals surface area contributed by atoms with E-state index in [0.29, 0.717) is 5.92 Å². The van der Waals surface area contributed by atoms with Gasteiger partial charge in [-0.3, -0.25) is 0 Å². The van der Waals surface area contributed by atoms with Crippen molar-refractivity contribution in [3.05, 3.63) is 17.6 Å². The van der Waals surface area contributed by atoms with Gasteiger partial charge in [0.05, 0.1) is 0 Å². The van der Waals surface area contributed by atoms with E-state index in [9.17, 15) is 0 Å². The lowest BCUT2D eigenvalue weighted by molar-refractivity contribution is 0.821. The number of nitrogens with zero attached hydrogens (tertiary/aromatic N) is 2. The third kappa shape index (κ3) is 2.28. The van der Waals surface area contributed by atoms with Crippen molar-refractivity contribution in [1.29, 1.82) is 0 Å². The number of nitrogens with one attached hydrogen (secondary N) is 1. The van der Waals surface area contributed by atoms with Gasteiger partial charge >= 0.3 is 0 Å². The molecule has 0 bridgehead atoms. The van der Waals surface area contributed by atoms with Crippen LogP contribution >= 0.6 is 0 Å². The molecular formula is C12H19N3. The molecule has 0 radical (unpaired) electrons. The second-order valence-corrected chi connectivity index (χ2v) is 4.31. The summed E-state index contributed by atoms with van der Waals surface area (Å²) < 4.78 is 0. The van der Waals surface area contributed by atoms with E-state index in [4.69, 9.17) is 0 Å². The largest absolute Gasteiger partial charge is 0.370 e. The minimum Gasteiger partial charge on any atom is -0.370 e. The number of rotatable bonds is 4. The van der Waals surface area contributed by atoms with E-state index < -0.39 is 0 Å². The third-order valence-corrected chi connectivity index (χ3v) is 2.96. The highest BCUT2D eigenvalue weighted by molar-refractivity contribution is 5.37. The predicted molar refractivity (Wildman–Crippen MR) is 62.1 cm³/mol. The van der Waals surface area contributed by atoms with Crippen LogP contribution in [0.2, 0.25) is 0 Å². The summed E-state index contributed by atoms with van der Waals surface area (Å²) in [5.74, 6) is 3.40. The number of aromatic nitrogens is 2. The molecule has 0 spiro atoms. The van der Waals surface area contributed by atoms with Crippen LogP contribution in [0.5, 0.6) is 0 Å². The van der Waals surface area contributed by atoms with E-state index in [2.05, 4.69) is 42.1 Å². The average Bonchev–Trinajstić information content (AvgIpc) is 2.95. The number of hydrogen-bond donors (Lipinski definition) is 1. The highest BCUT2D eigenvalue weighted by Crippen LogP contribution is 2.45. The molecule has 3 nitrogen and oxygen atoms in total. The summed E-state index contributed by atoms with van der Waals surface area (Å²) >= 11 is 0. The van der Waals surface area contributed by atoms with Crippen molar-refractivity contribution in [2.24, 2.45) is 5.92 Å². The SMILES string of the molecule is CCNc1cc(CC)nc(C2CC2C)n1. The highest BCUT2D eigenvalue weighted by Gasteiger charge is 2.36. The Bertz CT molecular complexity index is 349. The van der Waals surface area contributed by atoms with Crippen molar-refractivity contribution in [3.63, 3.8) is 0 Å². The maximum atomic E-state index is 4.60. The molecule has 0 amide bonds. The minimum absolute atomic E-state index is 0.605. The zero-order valence-electron chi connectivity index (χ0n) is 9.75. The predicted octanol–water partition coefficient (Wildman–Crippen LogP) is 2.59. The Morgan fingerprint density at radius 1 is 1.40 bits per heavy atom. The van der Waals surface area contributed by atoms with Gasteiger partial charge < -0.3 is 5.32 Å². The molecule has 82 valence electrons. The van der Waals surface area contributed by atoms with E-state index in [1.165, 1.54) is 6.42 Å². The quantitative estimate of drug-likeness (QED) is 0.821. The Hall–Kier alpha value is -1.12. The Balaban J connectivity index is 2.25. The standard InChI is InChI=1S/C12H19N3/c1-4-9-7-11(13-5-2)15-12(14-9)10-6-8(10)3/h7-8,10H,4-6H2,1-3H3,(H,13,14,15). The first-order valence-electron chi connectivity index (χ1n) is 5.86. The fourth-order valence-electron chi connectivity index (χ4n) is 1.82. The molecule has 0 aliphatic heterocycles. The van der Waals surface area contributed by atoms with E-state index in [1.54, 1.807) is 0 Å². The molecule has 2 unspecified atom stereocenters. The van der Waals surface area contributed by atoms with Gasteiger partial charge in [-0.25, -0.2) is 9.97 Å². The molecule has 2 atom stereocenters. The topological polar surface area (TPSA) is 37.8 Å². The van der Waals surface area contributed by atoms with Gasteiger partial charge in [-0.05, 0) is 25.7 Å². The number of aryl methyl sites for hydroxylation is 1. The molecule has 15 heavy (non-hydrogen) atoms. The number of hydrogen-bond acceptors (Lipinski definition) is 3. The van der Waals surface area contributed by atoms with Crippen LogP contribution in [0.15, 0.2) is 6.07 Å². The van der Waals surface area contributed by atoms with Gasteiger partial charge in [-0.2, -0.15) is 0 Å². The van der Waals surface area contributed by atoms with E-state index in [0.717, 1.165) is 36.2 Å². The van der Waals surface area contributed by atoms with Crippen LogP contribution in [-0.2, 0) is 6.42 Å². The van der Waals surface area contributed by atoms with Gasteiger partial charge in [-0.15, -0.1) is 0 Å². The summed E-state index contributed by atoms with van der Waals surface area (Å²) in [5, 5.41) is 3.27. The number of anilines is 1. The molecule has 1 N–H and O–H groups in total. The molecule has 0 saturated heterocycles. The molecule has 1 heterocycles. The maximum Gasteiger partial charge on any atom is 0.134 e. The normalized spacial score (nSPS) is 23.9. The van der Waals surface area contributed by atoms with Crippen molar-refractivity contribution < 1.29 is 0 Å². The summed E-state index contributed by atoms with van der Waals surface area (Å²) in [6.07, 6.45) is 2.23. The lowest BCUT2D eigenvalue weighted by atomic mass is 10.2. The van der Waals surface area contributed by atoms with Crippen LogP contribution in [-0.4, -0.2) is 16.5 Å².